The van der Waals surface area contributed by atoms with Gasteiger partial charge in [-0.2, -0.15) is 13.2 Å². The van der Waals surface area contributed by atoms with Gasteiger partial charge in [0.25, 0.3) is 0 Å². The van der Waals surface area contributed by atoms with E-state index in [9.17, 15) is 22.2 Å². The van der Waals surface area contributed by atoms with Gasteiger partial charge in [0.2, 0.25) is 11.1 Å². The molecule has 0 radical (unpaired) electrons. The van der Waals surface area contributed by atoms with Gasteiger partial charge in [0.15, 0.2) is 0 Å². The summed E-state index contributed by atoms with van der Waals surface area (Å²) in [7, 11) is 0. The lowest BCUT2D eigenvalue weighted by Gasteiger charge is -2.05. The molecule has 0 aliphatic carbocycles. The second kappa shape index (κ2) is 5.11. The molecule has 0 aromatic heterocycles. The van der Waals surface area contributed by atoms with Crippen LogP contribution < -0.4 is 0 Å². The number of benzene rings is 1. The summed E-state index contributed by atoms with van der Waals surface area (Å²) in [5.74, 6) is -2.70. The normalized spacial score (nSPS) is 13.2. The second-order valence-electron chi connectivity index (χ2n) is 2.80. The van der Waals surface area contributed by atoms with Crippen molar-refractivity contribution < 1.29 is 26.4 Å². The van der Waals surface area contributed by atoms with E-state index in [1.807, 2.05) is 0 Å². The summed E-state index contributed by atoms with van der Waals surface area (Å²) in [5, 5.41) is 0. The van der Waals surface area contributed by atoms with Crippen LogP contribution in [-0.2, 0) is 25.8 Å². The van der Waals surface area contributed by atoms with Gasteiger partial charge in [-0.25, -0.2) is 9.00 Å². The Morgan fingerprint density at radius 3 is 2.31 bits per heavy atom. The number of hydrogen-bond acceptors (Lipinski definition) is 3. The van der Waals surface area contributed by atoms with Crippen LogP contribution in [0.5, 0.6) is 0 Å². The number of alkyl halides is 3. The molecule has 16 heavy (non-hydrogen) atoms. The molecular weight excluding hydrogens is 245 g/mol. The number of halogens is 3. The molecule has 0 saturated heterocycles. The summed E-state index contributed by atoms with van der Waals surface area (Å²) in [4.78, 5) is 10.3. The van der Waals surface area contributed by atoms with Crippen molar-refractivity contribution in [3.8, 4) is 0 Å². The van der Waals surface area contributed by atoms with Gasteiger partial charge in [-0.3, -0.25) is 0 Å². The molecule has 3 nitrogen and oxygen atoms in total. The van der Waals surface area contributed by atoms with Crippen molar-refractivity contribution in [2.75, 3.05) is 0 Å². The Hall–Kier alpha value is -1.37. The molecule has 1 aromatic carbocycles. The smallest absolute Gasteiger partial charge is 0.357 e. The minimum absolute atomic E-state index is 0.261. The molecule has 0 spiro atoms. The van der Waals surface area contributed by atoms with Crippen LogP contribution in [0, 0.1) is 0 Å². The maximum Gasteiger partial charge on any atom is 0.492 e. The Bertz CT molecular complexity index is 389. The maximum absolute atomic E-state index is 11.7. The van der Waals surface area contributed by atoms with Crippen LogP contribution in [0.25, 0.3) is 0 Å². The quantitative estimate of drug-likeness (QED) is 0.825. The summed E-state index contributed by atoms with van der Waals surface area (Å²) in [6.07, 6.45) is -5.12. The van der Waals surface area contributed by atoms with Crippen molar-refractivity contribution in [1.29, 1.82) is 0 Å². The highest BCUT2D eigenvalue weighted by molar-refractivity contribution is 7.79. The van der Waals surface area contributed by atoms with Gasteiger partial charge in [0, 0.05) is 0 Å². The van der Waals surface area contributed by atoms with Crippen molar-refractivity contribution in [3.05, 3.63) is 35.9 Å². The first-order chi connectivity index (χ1) is 7.39. The maximum atomic E-state index is 11.7. The average molecular weight is 252 g/mol. The third-order valence-corrected chi connectivity index (χ3v) is 2.43. The topological polar surface area (TPSA) is 43.4 Å². The van der Waals surface area contributed by atoms with Crippen LogP contribution in [0.3, 0.4) is 0 Å². The monoisotopic (exact) mass is 252 g/mol. The number of hydrogen-bond donors (Lipinski definition) is 0. The highest BCUT2D eigenvalue weighted by atomic mass is 32.2. The fourth-order valence-electron chi connectivity index (χ4n) is 0.871. The molecule has 7 heteroatoms. The Morgan fingerprint density at radius 2 is 1.81 bits per heavy atom. The second-order valence-corrected chi connectivity index (χ2v) is 3.87. The SMILES string of the molecule is O=C(OS(=O)Cc1ccccc1)C(F)(F)F. The van der Waals surface area contributed by atoms with Gasteiger partial charge in [0.05, 0.1) is 5.75 Å². The molecule has 88 valence electrons. The zero-order valence-corrected chi connectivity index (χ0v) is 8.68. The van der Waals surface area contributed by atoms with Gasteiger partial charge >= 0.3 is 12.1 Å². The fraction of sp³-hybridized carbons (Fsp3) is 0.222. The Balaban J connectivity index is 2.52. The van der Waals surface area contributed by atoms with Crippen molar-refractivity contribution in [2.45, 2.75) is 11.9 Å². The molecule has 0 aliphatic heterocycles. The lowest BCUT2D eigenvalue weighted by Crippen LogP contribution is -2.26. The van der Waals surface area contributed by atoms with E-state index in [1.165, 1.54) is 0 Å². The van der Waals surface area contributed by atoms with Crippen molar-refractivity contribution in [2.24, 2.45) is 0 Å². The molecule has 0 saturated carbocycles. The summed E-state index contributed by atoms with van der Waals surface area (Å²) in [5.41, 5.74) is 0.524. The van der Waals surface area contributed by atoms with E-state index in [-0.39, 0.29) is 5.75 Å². The van der Waals surface area contributed by atoms with E-state index in [0.717, 1.165) is 0 Å². The van der Waals surface area contributed by atoms with Crippen molar-refractivity contribution >= 4 is 17.0 Å². The highest BCUT2D eigenvalue weighted by Gasteiger charge is 2.42. The Morgan fingerprint density at radius 1 is 1.25 bits per heavy atom. The zero-order valence-electron chi connectivity index (χ0n) is 7.86. The molecule has 1 atom stereocenters. The first-order valence-electron chi connectivity index (χ1n) is 4.11. The summed E-state index contributed by atoms with van der Waals surface area (Å²) < 4.78 is 50.0. The van der Waals surface area contributed by atoms with Gasteiger partial charge in [-0.1, -0.05) is 30.3 Å². The summed E-state index contributed by atoms with van der Waals surface area (Å²) in [6, 6.07) is 8.11. The van der Waals surface area contributed by atoms with E-state index in [2.05, 4.69) is 4.18 Å². The van der Waals surface area contributed by atoms with Crippen LogP contribution >= 0.6 is 0 Å². The molecule has 0 heterocycles. The Kier molecular flexibility index (Phi) is 4.05. The summed E-state index contributed by atoms with van der Waals surface area (Å²) >= 11 is -2.32. The number of carbonyl (C=O) groups is 1. The number of rotatable bonds is 3. The predicted octanol–water partition coefficient (Wildman–Crippen LogP) is 1.96. The van der Waals surface area contributed by atoms with E-state index in [0.29, 0.717) is 5.56 Å². The molecule has 1 unspecified atom stereocenters. The molecule has 0 amide bonds. The van der Waals surface area contributed by atoms with Crippen LogP contribution in [0.2, 0.25) is 0 Å². The molecule has 0 aliphatic rings. The Labute approximate surface area is 91.9 Å². The van der Waals surface area contributed by atoms with E-state index >= 15 is 0 Å². The third kappa shape index (κ3) is 4.01. The van der Waals surface area contributed by atoms with Gasteiger partial charge in [-0.05, 0) is 5.56 Å². The fourth-order valence-corrected chi connectivity index (χ4v) is 1.66. The molecular formula is C9H7F3O3S. The molecule has 0 N–H and O–H groups in total. The van der Waals surface area contributed by atoms with E-state index in [4.69, 9.17) is 0 Å². The average Bonchev–Trinajstić information content (AvgIpc) is 2.17. The lowest BCUT2D eigenvalue weighted by atomic mass is 10.2. The van der Waals surface area contributed by atoms with E-state index in [1.54, 1.807) is 30.3 Å². The third-order valence-electron chi connectivity index (χ3n) is 1.53. The van der Waals surface area contributed by atoms with Crippen LogP contribution in [0.4, 0.5) is 13.2 Å². The summed E-state index contributed by atoms with van der Waals surface area (Å²) in [6.45, 7) is 0. The molecule has 0 bridgehead atoms. The number of carbonyl (C=O) groups excluding carboxylic acids is 1. The van der Waals surface area contributed by atoms with Crippen molar-refractivity contribution in [1.82, 2.24) is 0 Å². The minimum atomic E-state index is -5.12. The zero-order chi connectivity index (χ0) is 12.2. The van der Waals surface area contributed by atoms with Crippen LogP contribution in [-0.4, -0.2) is 16.4 Å². The van der Waals surface area contributed by atoms with E-state index < -0.39 is 23.2 Å². The first kappa shape index (κ1) is 12.7. The lowest BCUT2D eigenvalue weighted by molar-refractivity contribution is -0.188. The van der Waals surface area contributed by atoms with Gasteiger partial charge < -0.3 is 4.18 Å². The minimum Gasteiger partial charge on any atom is -0.357 e. The molecule has 1 rings (SSSR count). The molecule has 0 fully saturated rings. The van der Waals surface area contributed by atoms with Gasteiger partial charge in [-0.15, -0.1) is 0 Å². The molecule has 1 aromatic rings. The van der Waals surface area contributed by atoms with Gasteiger partial charge in [0.1, 0.15) is 0 Å². The van der Waals surface area contributed by atoms with Crippen LogP contribution in [0.1, 0.15) is 5.56 Å². The van der Waals surface area contributed by atoms with Crippen LogP contribution in [0.15, 0.2) is 30.3 Å². The first-order valence-corrected chi connectivity index (χ1v) is 5.36. The largest absolute Gasteiger partial charge is 0.492 e. The standard InChI is InChI=1S/C9H7F3O3S/c10-9(11,12)8(13)15-16(14)6-7-4-2-1-3-5-7/h1-5H,6H2. The predicted molar refractivity (Wildman–Crippen MR) is 50.4 cm³/mol. The van der Waals surface area contributed by atoms with Crippen molar-refractivity contribution in [3.63, 3.8) is 0 Å². The highest BCUT2D eigenvalue weighted by Crippen LogP contribution is 2.17.